The first-order chi connectivity index (χ1) is 11.2. The van der Waals surface area contributed by atoms with Crippen LogP contribution in [0.4, 0.5) is 0 Å². The van der Waals surface area contributed by atoms with Crippen molar-refractivity contribution in [2.45, 2.75) is 26.8 Å². The van der Waals surface area contributed by atoms with Crippen LogP contribution in [0.15, 0.2) is 48.5 Å². The SMILES string of the molecule is CCCN(Cc1ccccc1)C(=O)c1ccc2sc(C)nc2c1. The average molecular weight is 324 g/mol. The Kier molecular flexibility index (Phi) is 4.72. The van der Waals surface area contributed by atoms with Gasteiger partial charge in [-0.25, -0.2) is 4.98 Å². The molecule has 3 nitrogen and oxygen atoms in total. The highest BCUT2D eigenvalue weighted by Gasteiger charge is 2.16. The van der Waals surface area contributed by atoms with Gasteiger partial charge in [0.15, 0.2) is 0 Å². The molecule has 1 aromatic heterocycles. The Labute approximate surface area is 140 Å². The molecular formula is C19H20N2OS. The van der Waals surface area contributed by atoms with Gasteiger partial charge >= 0.3 is 0 Å². The van der Waals surface area contributed by atoms with Crippen LogP contribution in [-0.2, 0) is 6.54 Å². The van der Waals surface area contributed by atoms with Crippen molar-refractivity contribution < 1.29 is 4.79 Å². The Bertz CT molecular complexity index is 811. The summed E-state index contributed by atoms with van der Waals surface area (Å²) in [6.07, 6.45) is 0.941. The molecule has 23 heavy (non-hydrogen) atoms. The van der Waals surface area contributed by atoms with E-state index in [0.717, 1.165) is 33.8 Å². The fraction of sp³-hybridized carbons (Fsp3) is 0.263. The molecule has 0 aliphatic carbocycles. The number of carbonyl (C=O) groups excluding carboxylic acids is 1. The highest BCUT2D eigenvalue weighted by molar-refractivity contribution is 7.18. The van der Waals surface area contributed by atoms with Crippen molar-refractivity contribution in [3.63, 3.8) is 0 Å². The lowest BCUT2D eigenvalue weighted by Crippen LogP contribution is -2.31. The molecule has 0 bridgehead atoms. The molecule has 1 amide bonds. The van der Waals surface area contributed by atoms with Crippen LogP contribution in [0.25, 0.3) is 10.2 Å². The van der Waals surface area contributed by atoms with Gasteiger partial charge in [0.1, 0.15) is 0 Å². The monoisotopic (exact) mass is 324 g/mol. The van der Waals surface area contributed by atoms with E-state index in [1.165, 1.54) is 0 Å². The molecule has 3 aromatic rings. The summed E-state index contributed by atoms with van der Waals surface area (Å²) in [7, 11) is 0. The molecule has 0 saturated carbocycles. The van der Waals surface area contributed by atoms with Crippen LogP contribution in [0.3, 0.4) is 0 Å². The van der Waals surface area contributed by atoms with Crippen molar-refractivity contribution in [2.24, 2.45) is 0 Å². The lowest BCUT2D eigenvalue weighted by Gasteiger charge is -2.22. The molecule has 0 aliphatic heterocycles. The minimum Gasteiger partial charge on any atom is -0.334 e. The van der Waals surface area contributed by atoms with E-state index in [1.54, 1.807) is 11.3 Å². The van der Waals surface area contributed by atoms with Crippen molar-refractivity contribution in [2.75, 3.05) is 6.54 Å². The maximum absolute atomic E-state index is 12.9. The Morgan fingerprint density at radius 3 is 2.70 bits per heavy atom. The van der Waals surface area contributed by atoms with Crippen molar-refractivity contribution in [3.8, 4) is 0 Å². The van der Waals surface area contributed by atoms with Crippen LogP contribution >= 0.6 is 11.3 Å². The van der Waals surface area contributed by atoms with E-state index in [-0.39, 0.29) is 5.91 Å². The maximum atomic E-state index is 12.9. The second-order valence-corrected chi connectivity index (χ2v) is 6.86. The quantitative estimate of drug-likeness (QED) is 0.684. The third-order valence-electron chi connectivity index (χ3n) is 3.74. The van der Waals surface area contributed by atoms with E-state index in [0.29, 0.717) is 12.1 Å². The van der Waals surface area contributed by atoms with E-state index in [4.69, 9.17) is 0 Å². The van der Waals surface area contributed by atoms with Gasteiger partial charge in [-0.05, 0) is 37.1 Å². The summed E-state index contributed by atoms with van der Waals surface area (Å²) >= 11 is 1.66. The van der Waals surface area contributed by atoms with E-state index in [9.17, 15) is 4.79 Å². The van der Waals surface area contributed by atoms with Gasteiger partial charge in [0, 0.05) is 18.7 Å². The van der Waals surface area contributed by atoms with Gasteiger partial charge in [0.25, 0.3) is 5.91 Å². The normalized spacial score (nSPS) is 10.9. The van der Waals surface area contributed by atoms with Gasteiger partial charge in [-0.3, -0.25) is 4.79 Å². The maximum Gasteiger partial charge on any atom is 0.254 e. The van der Waals surface area contributed by atoms with Crippen molar-refractivity contribution in [1.29, 1.82) is 0 Å². The zero-order chi connectivity index (χ0) is 16.2. The Morgan fingerprint density at radius 1 is 1.17 bits per heavy atom. The number of nitrogens with zero attached hydrogens (tertiary/aromatic N) is 2. The van der Waals surface area contributed by atoms with E-state index >= 15 is 0 Å². The van der Waals surface area contributed by atoms with Crippen LogP contribution in [0.5, 0.6) is 0 Å². The number of carbonyl (C=O) groups is 1. The largest absolute Gasteiger partial charge is 0.334 e. The van der Waals surface area contributed by atoms with Crippen molar-refractivity contribution in [1.82, 2.24) is 9.88 Å². The summed E-state index contributed by atoms with van der Waals surface area (Å²) in [4.78, 5) is 19.3. The molecule has 0 radical (unpaired) electrons. The summed E-state index contributed by atoms with van der Waals surface area (Å²) in [6.45, 7) is 5.48. The summed E-state index contributed by atoms with van der Waals surface area (Å²) in [5, 5.41) is 1.03. The molecule has 2 aromatic carbocycles. The minimum atomic E-state index is 0.0725. The lowest BCUT2D eigenvalue weighted by molar-refractivity contribution is 0.0743. The molecule has 0 atom stereocenters. The molecule has 0 saturated heterocycles. The van der Waals surface area contributed by atoms with Gasteiger partial charge in [0.05, 0.1) is 15.2 Å². The summed E-state index contributed by atoms with van der Waals surface area (Å²) in [5.74, 6) is 0.0725. The van der Waals surface area contributed by atoms with Crippen molar-refractivity contribution in [3.05, 3.63) is 64.7 Å². The highest BCUT2D eigenvalue weighted by atomic mass is 32.1. The molecular weight excluding hydrogens is 304 g/mol. The van der Waals surface area contributed by atoms with Gasteiger partial charge in [-0.2, -0.15) is 0 Å². The number of amides is 1. The minimum absolute atomic E-state index is 0.0725. The molecule has 118 valence electrons. The molecule has 0 N–H and O–H groups in total. The average Bonchev–Trinajstić information content (AvgIpc) is 2.94. The number of hydrogen-bond acceptors (Lipinski definition) is 3. The number of fused-ring (bicyclic) bond motifs is 1. The number of thiazole rings is 1. The molecule has 3 rings (SSSR count). The van der Waals surface area contributed by atoms with Crippen LogP contribution in [0.2, 0.25) is 0 Å². The van der Waals surface area contributed by atoms with E-state index < -0.39 is 0 Å². The van der Waals surface area contributed by atoms with Gasteiger partial charge in [-0.1, -0.05) is 37.3 Å². The van der Waals surface area contributed by atoms with Gasteiger partial charge in [-0.15, -0.1) is 11.3 Å². The molecule has 0 spiro atoms. The number of benzene rings is 2. The Morgan fingerprint density at radius 2 is 1.96 bits per heavy atom. The zero-order valence-electron chi connectivity index (χ0n) is 13.5. The third-order valence-corrected chi connectivity index (χ3v) is 4.69. The fourth-order valence-corrected chi connectivity index (χ4v) is 3.49. The molecule has 0 unspecified atom stereocenters. The van der Waals surface area contributed by atoms with E-state index in [2.05, 4.69) is 24.0 Å². The topological polar surface area (TPSA) is 33.2 Å². The first-order valence-electron chi connectivity index (χ1n) is 7.88. The number of aryl methyl sites for hydroxylation is 1. The summed E-state index contributed by atoms with van der Waals surface area (Å²) < 4.78 is 1.13. The number of aromatic nitrogens is 1. The first-order valence-corrected chi connectivity index (χ1v) is 8.69. The number of hydrogen-bond donors (Lipinski definition) is 0. The van der Waals surface area contributed by atoms with Crippen LogP contribution in [-0.4, -0.2) is 22.3 Å². The standard InChI is InChI=1S/C19H20N2OS/c1-3-11-21(13-15-7-5-4-6-8-15)19(22)16-9-10-18-17(12-16)20-14(2)23-18/h4-10,12H,3,11,13H2,1-2H3. The summed E-state index contributed by atoms with van der Waals surface area (Å²) in [5.41, 5.74) is 2.78. The first kappa shape index (κ1) is 15.7. The second-order valence-electron chi connectivity index (χ2n) is 5.63. The predicted octanol–water partition coefficient (Wildman–Crippen LogP) is 4.66. The van der Waals surface area contributed by atoms with Crippen LogP contribution in [0, 0.1) is 6.92 Å². The van der Waals surface area contributed by atoms with Crippen LogP contribution in [0.1, 0.15) is 34.3 Å². The van der Waals surface area contributed by atoms with Gasteiger partial charge in [0.2, 0.25) is 0 Å². The Balaban J connectivity index is 1.86. The fourth-order valence-electron chi connectivity index (χ4n) is 2.68. The zero-order valence-corrected chi connectivity index (χ0v) is 14.3. The lowest BCUT2D eigenvalue weighted by atomic mass is 10.1. The summed E-state index contributed by atoms with van der Waals surface area (Å²) in [6, 6.07) is 16.0. The smallest absolute Gasteiger partial charge is 0.254 e. The number of rotatable bonds is 5. The Hall–Kier alpha value is -2.20. The molecule has 0 aliphatic rings. The second kappa shape index (κ2) is 6.92. The van der Waals surface area contributed by atoms with E-state index in [1.807, 2.05) is 48.2 Å². The predicted molar refractivity (Wildman–Crippen MR) is 95.8 cm³/mol. The highest BCUT2D eigenvalue weighted by Crippen LogP contribution is 2.23. The molecule has 4 heteroatoms. The molecule has 0 fully saturated rings. The third kappa shape index (κ3) is 3.59. The van der Waals surface area contributed by atoms with Crippen LogP contribution < -0.4 is 0 Å². The van der Waals surface area contributed by atoms with Crippen molar-refractivity contribution >= 4 is 27.5 Å². The van der Waals surface area contributed by atoms with Gasteiger partial charge < -0.3 is 4.90 Å². The molecule has 1 heterocycles.